The zero-order chi connectivity index (χ0) is 14.7. The van der Waals surface area contributed by atoms with Crippen LogP contribution in [-0.2, 0) is 0 Å². The van der Waals surface area contributed by atoms with Crippen molar-refractivity contribution < 1.29 is 4.79 Å². The number of carbonyl (C=O) groups is 1. The van der Waals surface area contributed by atoms with Crippen molar-refractivity contribution in [1.82, 2.24) is 10.2 Å². The van der Waals surface area contributed by atoms with Gasteiger partial charge in [-0.25, -0.2) is 0 Å². The zero-order valence-electron chi connectivity index (χ0n) is 12.5. The fourth-order valence-corrected chi connectivity index (χ4v) is 2.84. The summed E-state index contributed by atoms with van der Waals surface area (Å²) < 4.78 is 0. The van der Waals surface area contributed by atoms with E-state index >= 15 is 0 Å². The predicted octanol–water partition coefficient (Wildman–Crippen LogP) is 1.16. The fraction of sp³-hybridized carbons (Fsp3) is 0.533. The van der Waals surface area contributed by atoms with E-state index in [9.17, 15) is 4.79 Å². The molecule has 5 heteroatoms. The Hall–Kier alpha value is -1.75. The van der Waals surface area contributed by atoms with Crippen LogP contribution in [0.15, 0.2) is 18.2 Å². The first-order valence-electron chi connectivity index (χ1n) is 7.09. The van der Waals surface area contributed by atoms with Crippen molar-refractivity contribution in [2.75, 3.05) is 44.4 Å². The van der Waals surface area contributed by atoms with E-state index in [0.29, 0.717) is 17.3 Å². The second-order valence-electron chi connectivity index (χ2n) is 5.51. The molecule has 1 unspecified atom stereocenters. The van der Waals surface area contributed by atoms with Crippen molar-refractivity contribution in [1.29, 1.82) is 0 Å². The average molecular weight is 276 g/mol. The Morgan fingerprint density at radius 2 is 2.15 bits per heavy atom. The van der Waals surface area contributed by atoms with Crippen LogP contribution in [0, 0.1) is 0 Å². The number of hydrogen-bond acceptors (Lipinski definition) is 4. The van der Waals surface area contributed by atoms with E-state index < -0.39 is 0 Å². The first kappa shape index (κ1) is 14.7. The zero-order valence-corrected chi connectivity index (χ0v) is 12.5. The molecule has 20 heavy (non-hydrogen) atoms. The van der Waals surface area contributed by atoms with Gasteiger partial charge in [-0.15, -0.1) is 0 Å². The molecular weight excluding hydrogens is 252 g/mol. The van der Waals surface area contributed by atoms with Gasteiger partial charge in [-0.2, -0.15) is 0 Å². The molecular formula is C15H24N4O. The van der Waals surface area contributed by atoms with Gasteiger partial charge in [0.1, 0.15) is 0 Å². The normalized spacial score (nSPS) is 20.6. The molecule has 1 amide bonds. The Morgan fingerprint density at radius 1 is 1.40 bits per heavy atom. The Labute approximate surface area is 120 Å². The number of hydrogen-bond donors (Lipinski definition) is 2. The number of nitrogens with one attached hydrogen (secondary N) is 1. The van der Waals surface area contributed by atoms with Crippen molar-refractivity contribution in [2.45, 2.75) is 19.4 Å². The molecule has 0 aliphatic carbocycles. The molecule has 0 aromatic heterocycles. The first-order chi connectivity index (χ1) is 9.52. The standard InChI is InChI=1S/C15H24N4O/c1-11-10-18(3)7-4-8-19(11)14-9-12(16)5-6-13(14)15(20)17-2/h5-6,9,11H,4,7-8,10,16H2,1-3H3,(H,17,20). The van der Waals surface area contributed by atoms with E-state index in [2.05, 4.69) is 29.1 Å². The SMILES string of the molecule is CNC(=O)c1ccc(N)cc1N1CCCN(C)CC1C. The van der Waals surface area contributed by atoms with Crippen LogP contribution in [0.5, 0.6) is 0 Å². The number of benzene rings is 1. The van der Waals surface area contributed by atoms with Gasteiger partial charge in [-0.3, -0.25) is 4.79 Å². The molecule has 2 rings (SSSR count). The quantitative estimate of drug-likeness (QED) is 0.796. The van der Waals surface area contributed by atoms with Gasteiger partial charge < -0.3 is 20.9 Å². The molecule has 0 bridgehead atoms. The number of carbonyl (C=O) groups excluding carboxylic acids is 1. The smallest absolute Gasteiger partial charge is 0.253 e. The van der Waals surface area contributed by atoms with Crippen molar-refractivity contribution in [2.24, 2.45) is 0 Å². The van der Waals surface area contributed by atoms with Gasteiger partial charge in [-0.1, -0.05) is 0 Å². The molecule has 0 spiro atoms. The molecule has 3 N–H and O–H groups in total. The van der Waals surface area contributed by atoms with Gasteiger partial charge in [0.15, 0.2) is 0 Å². The third-order valence-electron chi connectivity index (χ3n) is 3.85. The van der Waals surface area contributed by atoms with Crippen LogP contribution >= 0.6 is 0 Å². The minimum atomic E-state index is -0.0650. The third-order valence-corrected chi connectivity index (χ3v) is 3.85. The molecule has 1 heterocycles. The van der Waals surface area contributed by atoms with Crippen LogP contribution < -0.4 is 16.0 Å². The molecule has 110 valence electrons. The Bertz CT molecular complexity index is 489. The summed E-state index contributed by atoms with van der Waals surface area (Å²) in [5, 5.41) is 2.70. The minimum absolute atomic E-state index is 0.0650. The lowest BCUT2D eigenvalue weighted by atomic mass is 10.1. The van der Waals surface area contributed by atoms with E-state index in [1.807, 2.05) is 12.1 Å². The number of likely N-dealkylation sites (N-methyl/N-ethyl adjacent to an activating group) is 1. The van der Waals surface area contributed by atoms with Gasteiger partial charge in [0.25, 0.3) is 5.91 Å². The van der Waals surface area contributed by atoms with Crippen LogP contribution in [0.25, 0.3) is 0 Å². The summed E-state index contributed by atoms with van der Waals surface area (Å²) in [7, 11) is 3.79. The highest BCUT2D eigenvalue weighted by Crippen LogP contribution is 2.27. The fourth-order valence-electron chi connectivity index (χ4n) is 2.84. The molecule has 1 atom stereocenters. The molecule has 1 aromatic carbocycles. The van der Waals surface area contributed by atoms with Crippen molar-refractivity contribution in [3.05, 3.63) is 23.8 Å². The maximum Gasteiger partial charge on any atom is 0.253 e. The monoisotopic (exact) mass is 276 g/mol. The van der Waals surface area contributed by atoms with Crippen molar-refractivity contribution in [3.8, 4) is 0 Å². The molecule has 1 aliphatic rings. The summed E-state index contributed by atoms with van der Waals surface area (Å²) in [6.07, 6.45) is 1.09. The highest BCUT2D eigenvalue weighted by molar-refractivity contribution is 6.00. The number of nitrogens with two attached hydrogens (primary N) is 1. The maximum atomic E-state index is 12.1. The first-order valence-corrected chi connectivity index (χ1v) is 7.09. The van der Waals surface area contributed by atoms with Gasteiger partial charge in [0.2, 0.25) is 0 Å². The molecule has 1 saturated heterocycles. The summed E-state index contributed by atoms with van der Waals surface area (Å²) in [5.41, 5.74) is 8.24. The largest absolute Gasteiger partial charge is 0.399 e. The highest BCUT2D eigenvalue weighted by Gasteiger charge is 2.23. The third kappa shape index (κ3) is 3.04. The van der Waals surface area contributed by atoms with Crippen LogP contribution in [0.2, 0.25) is 0 Å². The number of amides is 1. The average Bonchev–Trinajstić information content (AvgIpc) is 2.58. The Kier molecular flexibility index (Phi) is 4.49. The van der Waals surface area contributed by atoms with Gasteiger partial charge in [-0.05, 0) is 45.1 Å². The number of nitrogens with zero attached hydrogens (tertiary/aromatic N) is 2. The van der Waals surface area contributed by atoms with E-state index in [1.165, 1.54) is 0 Å². The van der Waals surface area contributed by atoms with E-state index in [-0.39, 0.29) is 5.91 Å². The van der Waals surface area contributed by atoms with Crippen LogP contribution in [-0.4, -0.2) is 50.6 Å². The number of rotatable bonds is 2. The van der Waals surface area contributed by atoms with Gasteiger partial charge >= 0.3 is 0 Å². The Balaban J connectivity index is 2.39. The highest BCUT2D eigenvalue weighted by atomic mass is 16.1. The van der Waals surface area contributed by atoms with E-state index in [0.717, 1.165) is 31.7 Å². The van der Waals surface area contributed by atoms with Crippen LogP contribution in [0.1, 0.15) is 23.7 Å². The summed E-state index contributed by atoms with van der Waals surface area (Å²) in [6, 6.07) is 5.85. The lowest BCUT2D eigenvalue weighted by Crippen LogP contribution is -2.39. The second-order valence-corrected chi connectivity index (χ2v) is 5.51. The maximum absolute atomic E-state index is 12.1. The van der Waals surface area contributed by atoms with Crippen molar-refractivity contribution in [3.63, 3.8) is 0 Å². The van der Waals surface area contributed by atoms with E-state index in [4.69, 9.17) is 5.73 Å². The molecule has 1 aliphatic heterocycles. The second kappa shape index (κ2) is 6.13. The summed E-state index contributed by atoms with van der Waals surface area (Å²) in [6.45, 7) is 5.21. The lowest BCUT2D eigenvalue weighted by molar-refractivity contribution is 0.0963. The summed E-state index contributed by atoms with van der Waals surface area (Å²) in [5.74, 6) is -0.0650. The predicted molar refractivity (Wildman–Crippen MR) is 83.2 cm³/mol. The molecule has 1 fully saturated rings. The molecule has 0 radical (unpaired) electrons. The molecule has 5 nitrogen and oxygen atoms in total. The van der Waals surface area contributed by atoms with E-state index in [1.54, 1.807) is 13.1 Å². The molecule has 1 aromatic rings. The van der Waals surface area contributed by atoms with Crippen LogP contribution in [0.3, 0.4) is 0 Å². The number of nitrogen functional groups attached to an aromatic ring is 1. The van der Waals surface area contributed by atoms with Crippen molar-refractivity contribution >= 4 is 17.3 Å². The van der Waals surface area contributed by atoms with Gasteiger partial charge in [0.05, 0.1) is 11.3 Å². The molecule has 0 saturated carbocycles. The van der Waals surface area contributed by atoms with Gasteiger partial charge in [0, 0.05) is 31.9 Å². The minimum Gasteiger partial charge on any atom is -0.399 e. The lowest BCUT2D eigenvalue weighted by Gasteiger charge is -2.31. The topological polar surface area (TPSA) is 61.6 Å². The summed E-state index contributed by atoms with van der Waals surface area (Å²) >= 11 is 0. The summed E-state index contributed by atoms with van der Waals surface area (Å²) in [4.78, 5) is 16.7. The van der Waals surface area contributed by atoms with Crippen LogP contribution in [0.4, 0.5) is 11.4 Å². The number of anilines is 2. The Morgan fingerprint density at radius 3 is 2.85 bits per heavy atom.